The maximum atomic E-state index is 8.03. The summed E-state index contributed by atoms with van der Waals surface area (Å²) in [7, 11) is 0. The van der Waals surface area contributed by atoms with Crippen LogP contribution in [0.3, 0.4) is 0 Å². The molecule has 0 spiro atoms. The summed E-state index contributed by atoms with van der Waals surface area (Å²) in [4.78, 5) is 5.15. The quantitative estimate of drug-likeness (QED) is 0.141. The second kappa shape index (κ2) is 24.0. The van der Waals surface area contributed by atoms with E-state index in [1.165, 1.54) is 91.7 Å². The van der Waals surface area contributed by atoms with Crippen LogP contribution >= 0.6 is 38.9 Å². The Morgan fingerprint density at radius 2 is 0.822 bits per heavy atom. The molecule has 7 heteroatoms. The van der Waals surface area contributed by atoms with Crippen LogP contribution in [0.1, 0.15) is 105 Å². The maximum absolute atomic E-state index is 8.03. The highest BCUT2D eigenvalue weighted by atomic mass is 79.9. The molecule has 0 atom stereocenters. The molecule has 17 rings (SSSR count). The van der Waals surface area contributed by atoms with Gasteiger partial charge < -0.3 is 14.4 Å². The van der Waals surface area contributed by atoms with Crippen LogP contribution in [-0.2, 0) is 21.7 Å². The molecule has 4 heterocycles. The van der Waals surface area contributed by atoms with Crippen LogP contribution in [0.25, 0.3) is 103 Å². The van der Waals surface area contributed by atoms with Gasteiger partial charge in [0, 0.05) is 91.0 Å². The van der Waals surface area contributed by atoms with Crippen molar-refractivity contribution >= 4 is 138 Å². The van der Waals surface area contributed by atoms with E-state index < -0.39 is 0 Å². The van der Waals surface area contributed by atoms with Gasteiger partial charge >= 0.3 is 0 Å². The maximum Gasteiger partial charge on any atom is 0.252 e. The van der Waals surface area contributed by atoms with E-state index in [4.69, 9.17) is 11.6 Å². The van der Waals surface area contributed by atoms with Crippen molar-refractivity contribution in [2.75, 3.05) is 9.80 Å². The summed E-state index contributed by atoms with van der Waals surface area (Å²) in [6.45, 7) is 27.7. The average molecular weight is 1410 g/mol. The Kier molecular flexibility index (Phi) is 15.4. The van der Waals surface area contributed by atoms with Crippen LogP contribution in [0.4, 0.5) is 34.1 Å². The molecule has 3 nitrogen and oxygen atoms in total. The molecule has 2 aromatic heterocycles. The predicted octanol–water partition coefficient (Wildman–Crippen LogP) is 26.2. The predicted molar refractivity (Wildman–Crippen MR) is 442 cm³/mol. The van der Waals surface area contributed by atoms with E-state index in [1.54, 1.807) is 0 Å². The van der Waals surface area contributed by atoms with Gasteiger partial charge in [-0.15, -0.1) is 11.3 Å². The normalized spacial score (nSPS) is 13.2. The monoisotopic (exact) mass is 1410 g/mol. The molecule has 0 N–H and O–H groups in total. The van der Waals surface area contributed by atoms with Crippen molar-refractivity contribution in [1.29, 1.82) is 0 Å². The van der Waals surface area contributed by atoms with Crippen LogP contribution < -0.4 is 26.2 Å². The zero-order valence-corrected chi connectivity index (χ0v) is 62.6. The first-order chi connectivity index (χ1) is 48.5. The molecule has 101 heavy (non-hydrogen) atoms. The summed E-state index contributed by atoms with van der Waals surface area (Å²) in [5.74, 6) is 0. The van der Waals surface area contributed by atoms with Crippen molar-refractivity contribution < 1.29 is 0 Å². The van der Waals surface area contributed by atoms with Crippen molar-refractivity contribution in [3.05, 3.63) is 299 Å². The molecule has 0 saturated heterocycles. The van der Waals surface area contributed by atoms with Gasteiger partial charge in [0.2, 0.25) is 0 Å². The van der Waals surface area contributed by atoms with Gasteiger partial charge in [-0.2, -0.15) is 0 Å². The van der Waals surface area contributed by atoms with Gasteiger partial charge in [-0.3, -0.25) is 0 Å². The minimum atomic E-state index is -0.228. The molecule has 0 fully saturated rings. The Morgan fingerprint density at radius 1 is 0.337 bits per heavy atom. The summed E-state index contributed by atoms with van der Waals surface area (Å²) in [6.07, 6.45) is 0. The summed E-state index contributed by atoms with van der Waals surface area (Å²) in [5, 5.41) is 5.69. The van der Waals surface area contributed by atoms with Crippen LogP contribution in [-0.4, -0.2) is 11.3 Å². The highest BCUT2D eigenvalue weighted by molar-refractivity contribution is 9.10. The smallest absolute Gasteiger partial charge is 0.252 e. The highest BCUT2D eigenvalue weighted by Gasteiger charge is 2.46. The third-order valence-corrected chi connectivity index (χ3v) is 23.3. The molecular weight excluding hydrogens is 1330 g/mol. The van der Waals surface area contributed by atoms with Gasteiger partial charge in [-0.1, -0.05) is 287 Å². The topological polar surface area (TPSA) is 11.4 Å². The number of hydrogen-bond donors (Lipinski definition) is 0. The fourth-order valence-corrected chi connectivity index (χ4v) is 17.8. The van der Waals surface area contributed by atoms with Crippen LogP contribution in [0.15, 0.2) is 271 Å². The van der Waals surface area contributed by atoms with Crippen LogP contribution in [0.5, 0.6) is 0 Å². The lowest BCUT2D eigenvalue weighted by Crippen LogP contribution is -2.61. The summed E-state index contributed by atoms with van der Waals surface area (Å²) >= 11 is 14.0. The zero-order valence-electron chi connectivity index (χ0n) is 59.5. The number of fused-ring (bicyclic) bond motifs is 10. The lowest BCUT2D eigenvalue weighted by atomic mass is 9.33. The molecule has 0 bridgehead atoms. The summed E-state index contributed by atoms with van der Waals surface area (Å²) in [5.41, 5.74) is 29.6. The number of hydrogen-bond acceptors (Lipinski definition) is 3. The number of aromatic nitrogens is 1. The van der Waals surface area contributed by atoms with E-state index in [9.17, 15) is 0 Å². The van der Waals surface area contributed by atoms with E-state index in [0.29, 0.717) is 5.02 Å². The second-order valence-corrected chi connectivity index (χ2v) is 34.4. The summed E-state index contributed by atoms with van der Waals surface area (Å²) in [6, 6.07) is 101. The molecule has 0 saturated carbocycles. The number of nitrogens with zero attached hydrogens (tertiary/aromatic N) is 3. The molecule has 2 aliphatic heterocycles. The molecule has 0 radical (unpaired) electrons. The minimum absolute atomic E-state index is 0.0636. The number of halogens is 2. The van der Waals surface area contributed by atoms with E-state index >= 15 is 0 Å². The first-order valence-electron chi connectivity index (χ1n) is 35.5. The summed E-state index contributed by atoms with van der Waals surface area (Å²) < 4.78 is 6.12. The number of thiophene rings is 1. The van der Waals surface area contributed by atoms with Crippen LogP contribution in [0, 0.1) is 0 Å². The van der Waals surface area contributed by atoms with Gasteiger partial charge in [-0.25, -0.2) is 0 Å². The number of rotatable bonds is 8. The Balaban J connectivity index is 1.00. The Labute approximate surface area is 612 Å². The second-order valence-electron chi connectivity index (χ2n) is 32.0. The molecule has 0 amide bonds. The molecule has 0 unspecified atom stereocenters. The van der Waals surface area contributed by atoms with E-state index in [2.05, 4.69) is 380 Å². The Morgan fingerprint density at radius 3 is 1.42 bits per heavy atom. The molecule has 2 aliphatic rings. The first-order valence-corrected chi connectivity index (χ1v) is 37.4. The Hall–Kier alpha value is -9.69. The first kappa shape index (κ1) is 64.7. The molecule has 494 valence electrons. The highest BCUT2D eigenvalue weighted by Crippen LogP contribution is 2.55. The minimum Gasteiger partial charge on any atom is -0.311 e. The standard InChI is InChI=1S/C94H80BBrClN3S/c1-91(2,3)61-39-45-78(71(49-61)57-26-16-13-17-27-57)99-82-48-60(87-68(70-35-24-34-69-67-32-22-23-37-86(67)101-90(69)70)33-25-36-81(87)98-79-46-40-62(92(4,5)6)50-74(79)75-51-63(93(7,8)9)41-47-80(75)98)38-43-76(82)95-77-44-42-65(96)54-83(77)100(85-56-66(97)55-84(99)88(85)95)89-72(58-28-18-14-19-29-58)52-64(94(10,11)12)53-73(89)59-30-20-15-21-31-59/h13-56H,1-12H3. The van der Waals surface area contributed by atoms with Crippen molar-refractivity contribution in [1.82, 2.24) is 4.57 Å². The van der Waals surface area contributed by atoms with Gasteiger partial charge in [0.15, 0.2) is 0 Å². The number of anilines is 6. The third kappa shape index (κ3) is 10.9. The van der Waals surface area contributed by atoms with Gasteiger partial charge in [0.1, 0.15) is 0 Å². The fraction of sp³-hybridized carbons (Fsp3) is 0.170. The van der Waals surface area contributed by atoms with E-state index in [-0.39, 0.29) is 28.4 Å². The molecule has 13 aromatic carbocycles. The van der Waals surface area contributed by atoms with Crippen LogP contribution in [0.2, 0.25) is 5.02 Å². The molecule has 15 aromatic rings. The van der Waals surface area contributed by atoms with Crippen molar-refractivity contribution in [3.63, 3.8) is 0 Å². The van der Waals surface area contributed by atoms with Gasteiger partial charge in [-0.05, 0) is 179 Å². The van der Waals surface area contributed by atoms with Crippen molar-refractivity contribution in [3.8, 4) is 61.3 Å². The third-order valence-electron chi connectivity index (χ3n) is 21.3. The zero-order chi connectivity index (χ0) is 69.8. The van der Waals surface area contributed by atoms with Crippen molar-refractivity contribution in [2.45, 2.75) is 105 Å². The van der Waals surface area contributed by atoms with E-state index in [1.807, 2.05) is 11.3 Å². The van der Waals surface area contributed by atoms with Gasteiger partial charge in [0.25, 0.3) is 6.71 Å². The van der Waals surface area contributed by atoms with Gasteiger partial charge in [0.05, 0.1) is 28.1 Å². The molecular formula is C94H80BBrClN3S. The largest absolute Gasteiger partial charge is 0.311 e. The molecule has 0 aliphatic carbocycles. The number of benzene rings is 13. The average Bonchev–Trinajstić information content (AvgIpc) is 1.30. The van der Waals surface area contributed by atoms with Crippen molar-refractivity contribution in [2.24, 2.45) is 0 Å². The fourth-order valence-electron chi connectivity index (χ4n) is 16.0. The van der Waals surface area contributed by atoms with E-state index in [0.717, 1.165) is 88.8 Å². The lowest BCUT2D eigenvalue weighted by Gasteiger charge is -2.45. The SMILES string of the molecule is CC(C)(C)c1ccc(N2c3cc(-c4c(-c5cccc6c5sc5ccccc56)cccc4-n4c5ccc(C(C)(C)C)cc5c5cc(C(C)(C)C)ccc54)ccc3B3c4ccc(Br)cc4N(c4c(-c5ccccc5)cc(C(C)(C)C)cc4-c4ccccc4)c4cc(Cl)cc2c43)c(-c2ccccc2)c1. The lowest BCUT2D eigenvalue weighted by molar-refractivity contribution is 0.590. The Bertz CT molecular complexity index is 5730.